The smallest absolute Gasteiger partial charge is 0.316 e. The van der Waals surface area contributed by atoms with Gasteiger partial charge in [0.2, 0.25) is 0 Å². The first-order valence-corrected chi connectivity index (χ1v) is 5.95. The van der Waals surface area contributed by atoms with Crippen LogP contribution in [-0.4, -0.2) is 38.3 Å². The minimum absolute atomic E-state index is 0.218. The number of hydrogen-bond acceptors (Lipinski definition) is 3. The molecule has 0 heterocycles. The van der Waals surface area contributed by atoms with Crippen molar-refractivity contribution in [2.24, 2.45) is 0 Å². The van der Waals surface area contributed by atoms with E-state index in [0.29, 0.717) is 5.75 Å². The molecule has 0 radical (unpaired) electrons. The molecule has 5 heteroatoms. The van der Waals surface area contributed by atoms with Crippen LogP contribution in [0.1, 0.15) is 6.92 Å². The molecule has 0 fully saturated rings. The van der Waals surface area contributed by atoms with Gasteiger partial charge in [-0.1, -0.05) is 6.92 Å². The van der Waals surface area contributed by atoms with Crippen LogP contribution in [0.3, 0.4) is 0 Å². The maximum atomic E-state index is 10.8. The number of carboxylic acids is 1. The second kappa shape index (κ2) is 6.67. The molecule has 0 aliphatic carbocycles. The summed E-state index contributed by atoms with van der Waals surface area (Å²) in [6.07, 6.45) is 0. The van der Waals surface area contributed by atoms with E-state index in [2.05, 4.69) is 0 Å². The van der Waals surface area contributed by atoms with Gasteiger partial charge in [0.1, 0.15) is 5.75 Å². The van der Waals surface area contributed by atoms with Crippen molar-refractivity contribution in [3.63, 3.8) is 0 Å². The number of carboxylic acid groups (broad SMARTS) is 1. The molecule has 0 bridgehead atoms. The van der Waals surface area contributed by atoms with Crippen LogP contribution in [-0.2, 0) is 15.6 Å². The van der Waals surface area contributed by atoms with E-state index < -0.39 is 16.8 Å². The quantitative estimate of drug-likeness (QED) is 0.631. The lowest BCUT2D eigenvalue weighted by molar-refractivity contribution is -0.133. The van der Waals surface area contributed by atoms with Crippen molar-refractivity contribution in [3.8, 4) is 0 Å². The second-order valence-corrected chi connectivity index (χ2v) is 4.85. The lowest BCUT2D eigenvalue weighted by atomic mass is 10.8. The first-order valence-electron chi connectivity index (χ1n) is 3.31. The second-order valence-electron chi connectivity index (χ2n) is 1.88. The van der Waals surface area contributed by atoms with Gasteiger partial charge in [-0.25, -0.2) is 0 Å². The van der Waals surface area contributed by atoms with E-state index in [9.17, 15) is 9.00 Å². The van der Waals surface area contributed by atoms with Crippen LogP contribution in [0.25, 0.3) is 0 Å². The molecule has 1 atom stereocenters. The topological polar surface area (TPSA) is 54.4 Å². The Morgan fingerprint density at radius 2 is 2.27 bits per heavy atom. The van der Waals surface area contributed by atoms with Crippen molar-refractivity contribution < 1.29 is 14.1 Å². The summed E-state index contributed by atoms with van der Waals surface area (Å²) in [6.45, 7) is 2.02. The average molecular weight is 196 g/mol. The van der Waals surface area contributed by atoms with Crippen LogP contribution in [0.2, 0.25) is 0 Å². The molecule has 0 aliphatic rings. The molecule has 0 aromatic carbocycles. The summed E-state index contributed by atoms with van der Waals surface area (Å²) < 4.78 is 10.8. The molecular weight excluding hydrogens is 184 g/mol. The van der Waals surface area contributed by atoms with Gasteiger partial charge in [-0.3, -0.25) is 9.00 Å². The summed E-state index contributed by atoms with van der Waals surface area (Å²) in [4.78, 5) is 10.0. The molecule has 11 heavy (non-hydrogen) atoms. The highest BCUT2D eigenvalue weighted by Gasteiger charge is 2.04. The van der Waals surface area contributed by atoms with Gasteiger partial charge in [-0.15, -0.1) is 0 Å². The molecule has 1 N–H and O–H groups in total. The summed E-state index contributed by atoms with van der Waals surface area (Å²) in [5.41, 5.74) is 0. The third-order valence-electron chi connectivity index (χ3n) is 0.944. The minimum atomic E-state index is -1.17. The summed E-state index contributed by atoms with van der Waals surface area (Å²) in [7, 11) is -1.17. The predicted octanol–water partition coefficient (Wildman–Crippen LogP) is 0.573. The van der Waals surface area contributed by atoms with Gasteiger partial charge in [0.15, 0.2) is 0 Å². The molecule has 3 nitrogen and oxygen atoms in total. The monoisotopic (exact) mass is 196 g/mol. The Labute approximate surface area is 73.0 Å². The van der Waals surface area contributed by atoms with Crippen LogP contribution in [0.15, 0.2) is 0 Å². The zero-order valence-corrected chi connectivity index (χ0v) is 8.04. The summed E-state index contributed by atoms with van der Waals surface area (Å²) >= 11 is 1.68. The maximum Gasteiger partial charge on any atom is 0.316 e. The number of aliphatic carboxylic acids is 1. The van der Waals surface area contributed by atoms with Crippen molar-refractivity contribution in [1.82, 2.24) is 0 Å². The van der Waals surface area contributed by atoms with Crippen molar-refractivity contribution in [3.05, 3.63) is 0 Å². The van der Waals surface area contributed by atoms with E-state index in [1.807, 2.05) is 6.92 Å². The molecule has 66 valence electrons. The fourth-order valence-corrected chi connectivity index (χ4v) is 2.43. The van der Waals surface area contributed by atoms with Crippen LogP contribution in [0, 0.1) is 0 Å². The van der Waals surface area contributed by atoms with Gasteiger partial charge in [0.05, 0.1) is 0 Å². The molecule has 0 aromatic heterocycles. The predicted molar refractivity (Wildman–Crippen MR) is 48.5 cm³/mol. The SMILES string of the molecule is CCSCCS(=O)CC(=O)O. The number of rotatable bonds is 6. The number of thioether (sulfide) groups is 1. The van der Waals surface area contributed by atoms with Crippen LogP contribution in [0.4, 0.5) is 0 Å². The Hall–Kier alpha value is -0.0300. The summed E-state index contributed by atoms with van der Waals surface area (Å²) in [6, 6.07) is 0. The Morgan fingerprint density at radius 1 is 1.64 bits per heavy atom. The van der Waals surface area contributed by atoms with E-state index in [4.69, 9.17) is 5.11 Å². The summed E-state index contributed by atoms with van der Waals surface area (Å²) in [5.74, 6) is 1.07. The van der Waals surface area contributed by atoms with Crippen molar-refractivity contribution in [2.45, 2.75) is 6.92 Å². The number of carbonyl (C=O) groups is 1. The lowest BCUT2D eigenvalue weighted by Gasteiger charge is -1.96. The average Bonchev–Trinajstić information content (AvgIpc) is 1.86. The number of hydrogen-bond donors (Lipinski definition) is 1. The van der Waals surface area contributed by atoms with Gasteiger partial charge in [0.25, 0.3) is 0 Å². The zero-order chi connectivity index (χ0) is 8.69. The Morgan fingerprint density at radius 3 is 2.73 bits per heavy atom. The Balaban J connectivity index is 3.30. The van der Waals surface area contributed by atoms with E-state index in [-0.39, 0.29) is 5.75 Å². The molecular formula is C6H12O3S2. The van der Waals surface area contributed by atoms with Crippen LogP contribution in [0.5, 0.6) is 0 Å². The van der Waals surface area contributed by atoms with Gasteiger partial charge < -0.3 is 5.11 Å². The lowest BCUT2D eigenvalue weighted by Crippen LogP contribution is -2.12. The largest absolute Gasteiger partial charge is 0.481 e. The van der Waals surface area contributed by atoms with Gasteiger partial charge >= 0.3 is 5.97 Å². The molecule has 1 unspecified atom stereocenters. The molecule has 0 spiro atoms. The minimum Gasteiger partial charge on any atom is -0.481 e. The van der Waals surface area contributed by atoms with Crippen LogP contribution < -0.4 is 0 Å². The first kappa shape index (κ1) is 11.0. The van der Waals surface area contributed by atoms with Crippen molar-refractivity contribution >= 4 is 28.5 Å². The molecule has 0 aromatic rings. The van der Waals surface area contributed by atoms with Crippen molar-refractivity contribution in [1.29, 1.82) is 0 Å². The van der Waals surface area contributed by atoms with E-state index in [1.165, 1.54) is 0 Å². The molecule has 0 aliphatic heterocycles. The van der Waals surface area contributed by atoms with Gasteiger partial charge in [-0.05, 0) is 5.75 Å². The highest BCUT2D eigenvalue weighted by Crippen LogP contribution is 1.98. The van der Waals surface area contributed by atoms with Crippen molar-refractivity contribution in [2.75, 3.05) is 23.0 Å². The van der Waals surface area contributed by atoms with E-state index in [0.717, 1.165) is 11.5 Å². The Kier molecular flexibility index (Phi) is 6.65. The molecule has 0 saturated carbocycles. The van der Waals surface area contributed by atoms with Gasteiger partial charge in [-0.2, -0.15) is 11.8 Å². The molecule has 0 amide bonds. The highest BCUT2D eigenvalue weighted by molar-refractivity contribution is 8.00. The third-order valence-corrected chi connectivity index (χ3v) is 3.33. The molecule has 0 rings (SSSR count). The fraction of sp³-hybridized carbons (Fsp3) is 0.833. The third kappa shape index (κ3) is 7.87. The zero-order valence-electron chi connectivity index (χ0n) is 6.41. The van der Waals surface area contributed by atoms with Gasteiger partial charge in [0, 0.05) is 22.3 Å². The maximum absolute atomic E-state index is 10.8. The van der Waals surface area contributed by atoms with Crippen LogP contribution >= 0.6 is 11.8 Å². The van der Waals surface area contributed by atoms with E-state index >= 15 is 0 Å². The molecule has 0 saturated heterocycles. The first-order chi connectivity index (χ1) is 5.16. The normalized spacial score (nSPS) is 12.8. The van der Waals surface area contributed by atoms with E-state index in [1.54, 1.807) is 11.8 Å². The highest BCUT2D eigenvalue weighted by atomic mass is 32.2. The standard InChI is InChI=1S/C6H12O3S2/c1-2-10-3-4-11(9)5-6(7)8/h2-5H2,1H3,(H,7,8). The Bertz CT molecular complexity index is 147. The fourth-order valence-electron chi connectivity index (χ4n) is 0.506. The summed E-state index contributed by atoms with van der Waals surface area (Å²) in [5, 5.41) is 8.24.